The van der Waals surface area contributed by atoms with Crippen LogP contribution in [0.1, 0.15) is 80.1 Å². The Labute approximate surface area is 92.5 Å². The number of hydrogen-bond donors (Lipinski definition) is 0. The molecule has 0 unspecified atom stereocenters. The second kappa shape index (κ2) is 13.0. The van der Waals surface area contributed by atoms with Gasteiger partial charge in [0, 0.05) is 0 Å². The predicted octanol–water partition coefficient (Wildman–Crippen LogP) is 5.67. The molecule has 0 N–H and O–H groups in total. The van der Waals surface area contributed by atoms with Gasteiger partial charge in [-0.15, -0.1) is 0 Å². The van der Waals surface area contributed by atoms with Crippen molar-refractivity contribution < 1.29 is 0 Å². The van der Waals surface area contributed by atoms with Crippen molar-refractivity contribution in [2.75, 3.05) is 0 Å². The van der Waals surface area contributed by atoms with Crippen molar-refractivity contribution in [3.8, 4) is 0 Å². The molecule has 0 bridgehead atoms. The van der Waals surface area contributed by atoms with Gasteiger partial charge in [-0.05, 0) is 11.8 Å². The van der Waals surface area contributed by atoms with Crippen LogP contribution in [0.3, 0.4) is 0 Å². The molecule has 0 saturated heterocycles. The standard InChI is InChI=1S/C9H18.C3H8.C2H6/c1-3-9-6-4-8(2)5-7-9;1-3-2;1-2/h8-9H,3-7H2,1-2H3;3H2,1-2H3;1-2H3. The van der Waals surface area contributed by atoms with Gasteiger partial charge < -0.3 is 0 Å². The Morgan fingerprint density at radius 2 is 1.21 bits per heavy atom. The number of hydrogen-bond acceptors (Lipinski definition) is 0. The second-order valence-corrected chi connectivity index (χ2v) is 4.24. The topological polar surface area (TPSA) is 0 Å². The first kappa shape index (κ1) is 16.4. The highest BCUT2D eigenvalue weighted by Gasteiger charge is 2.15. The van der Waals surface area contributed by atoms with Crippen LogP contribution in [-0.4, -0.2) is 0 Å². The molecule has 0 aromatic carbocycles. The Balaban J connectivity index is 0. The molecular formula is C14H32. The van der Waals surface area contributed by atoms with Gasteiger partial charge in [0.25, 0.3) is 0 Å². The minimum Gasteiger partial charge on any atom is -0.0683 e. The normalized spacial score (nSPS) is 25.3. The summed E-state index contributed by atoms with van der Waals surface area (Å²) in [5, 5.41) is 0. The van der Waals surface area contributed by atoms with E-state index >= 15 is 0 Å². The van der Waals surface area contributed by atoms with Crippen molar-refractivity contribution in [2.45, 2.75) is 80.1 Å². The Morgan fingerprint density at radius 1 is 0.857 bits per heavy atom. The lowest BCUT2D eigenvalue weighted by molar-refractivity contribution is 0.284. The Hall–Kier alpha value is 0. The molecule has 0 aromatic rings. The lowest BCUT2D eigenvalue weighted by Crippen LogP contribution is -2.10. The van der Waals surface area contributed by atoms with Crippen molar-refractivity contribution in [3.63, 3.8) is 0 Å². The zero-order valence-electron chi connectivity index (χ0n) is 11.4. The first-order valence-corrected chi connectivity index (χ1v) is 6.74. The van der Waals surface area contributed by atoms with Crippen molar-refractivity contribution in [3.05, 3.63) is 0 Å². The molecule has 88 valence electrons. The van der Waals surface area contributed by atoms with E-state index in [9.17, 15) is 0 Å². The molecular weight excluding hydrogens is 168 g/mol. The van der Waals surface area contributed by atoms with Crippen LogP contribution >= 0.6 is 0 Å². The molecule has 1 rings (SSSR count). The quantitative estimate of drug-likeness (QED) is 0.512. The molecule has 0 atom stereocenters. The van der Waals surface area contributed by atoms with Crippen LogP contribution < -0.4 is 0 Å². The average molecular weight is 200 g/mol. The third-order valence-corrected chi connectivity index (χ3v) is 2.71. The van der Waals surface area contributed by atoms with Gasteiger partial charge in [-0.25, -0.2) is 0 Å². The summed E-state index contributed by atoms with van der Waals surface area (Å²) < 4.78 is 0. The summed E-state index contributed by atoms with van der Waals surface area (Å²) in [7, 11) is 0. The van der Waals surface area contributed by atoms with Gasteiger partial charge in [-0.1, -0.05) is 80.1 Å². The summed E-state index contributed by atoms with van der Waals surface area (Å²) in [6, 6.07) is 0. The molecule has 0 amide bonds. The van der Waals surface area contributed by atoms with Gasteiger partial charge in [0.1, 0.15) is 0 Å². The minimum atomic E-state index is 1.02. The van der Waals surface area contributed by atoms with Crippen LogP contribution in [0.2, 0.25) is 0 Å². The maximum absolute atomic E-state index is 2.38. The maximum Gasteiger partial charge on any atom is -0.0417 e. The SMILES string of the molecule is CC.CCC.CCC1CCC(C)CC1. The van der Waals surface area contributed by atoms with Crippen LogP contribution in [0.4, 0.5) is 0 Å². The fraction of sp³-hybridized carbons (Fsp3) is 1.00. The smallest absolute Gasteiger partial charge is 0.0417 e. The van der Waals surface area contributed by atoms with E-state index in [0.717, 1.165) is 11.8 Å². The van der Waals surface area contributed by atoms with Gasteiger partial charge in [-0.3, -0.25) is 0 Å². The van der Waals surface area contributed by atoms with Crippen LogP contribution in [0, 0.1) is 11.8 Å². The fourth-order valence-corrected chi connectivity index (χ4v) is 1.74. The van der Waals surface area contributed by atoms with E-state index in [1.807, 2.05) is 13.8 Å². The minimum absolute atomic E-state index is 1.02. The van der Waals surface area contributed by atoms with Crippen molar-refractivity contribution in [1.29, 1.82) is 0 Å². The van der Waals surface area contributed by atoms with Gasteiger partial charge in [0.15, 0.2) is 0 Å². The first-order chi connectivity index (χ1) is 6.74. The largest absolute Gasteiger partial charge is 0.0683 e. The molecule has 0 aliphatic heterocycles. The lowest BCUT2D eigenvalue weighted by Gasteiger charge is -2.24. The molecule has 0 heteroatoms. The van der Waals surface area contributed by atoms with E-state index in [1.165, 1.54) is 38.5 Å². The van der Waals surface area contributed by atoms with Gasteiger partial charge in [-0.2, -0.15) is 0 Å². The molecule has 0 spiro atoms. The average Bonchev–Trinajstić information content (AvgIpc) is 2.23. The molecule has 1 aliphatic rings. The Bertz CT molecular complexity index is 78.0. The van der Waals surface area contributed by atoms with Crippen LogP contribution in [0.15, 0.2) is 0 Å². The van der Waals surface area contributed by atoms with E-state index in [1.54, 1.807) is 0 Å². The van der Waals surface area contributed by atoms with Gasteiger partial charge >= 0.3 is 0 Å². The summed E-state index contributed by atoms with van der Waals surface area (Å²) in [5.41, 5.74) is 0. The van der Waals surface area contributed by atoms with Crippen LogP contribution in [-0.2, 0) is 0 Å². The second-order valence-electron chi connectivity index (χ2n) is 4.24. The van der Waals surface area contributed by atoms with Crippen LogP contribution in [0.25, 0.3) is 0 Å². The fourth-order valence-electron chi connectivity index (χ4n) is 1.74. The Kier molecular flexibility index (Phi) is 15.3. The lowest BCUT2D eigenvalue weighted by atomic mass is 9.82. The summed E-state index contributed by atoms with van der Waals surface area (Å²) in [6.45, 7) is 13.0. The maximum atomic E-state index is 2.38. The van der Waals surface area contributed by atoms with Crippen LogP contribution in [0.5, 0.6) is 0 Å². The van der Waals surface area contributed by atoms with E-state index in [2.05, 4.69) is 27.7 Å². The highest BCUT2D eigenvalue weighted by molar-refractivity contribution is 4.68. The van der Waals surface area contributed by atoms with E-state index in [0.29, 0.717) is 0 Å². The molecule has 0 nitrogen and oxygen atoms in total. The van der Waals surface area contributed by atoms with Crippen molar-refractivity contribution in [1.82, 2.24) is 0 Å². The van der Waals surface area contributed by atoms with Crippen molar-refractivity contribution >= 4 is 0 Å². The highest BCUT2D eigenvalue weighted by Crippen LogP contribution is 2.29. The van der Waals surface area contributed by atoms with E-state index in [-0.39, 0.29) is 0 Å². The molecule has 14 heavy (non-hydrogen) atoms. The van der Waals surface area contributed by atoms with Crippen molar-refractivity contribution in [2.24, 2.45) is 11.8 Å². The van der Waals surface area contributed by atoms with Gasteiger partial charge in [0.05, 0.1) is 0 Å². The summed E-state index contributed by atoms with van der Waals surface area (Å²) in [6.07, 6.45) is 8.62. The molecule has 0 aromatic heterocycles. The molecule has 1 fully saturated rings. The first-order valence-electron chi connectivity index (χ1n) is 6.74. The molecule has 1 saturated carbocycles. The molecule has 1 aliphatic carbocycles. The summed E-state index contributed by atoms with van der Waals surface area (Å²) in [5.74, 6) is 2.09. The zero-order valence-corrected chi connectivity index (χ0v) is 11.4. The summed E-state index contributed by atoms with van der Waals surface area (Å²) >= 11 is 0. The monoisotopic (exact) mass is 200 g/mol. The highest BCUT2D eigenvalue weighted by atomic mass is 14.2. The predicted molar refractivity (Wildman–Crippen MR) is 68.7 cm³/mol. The summed E-state index contributed by atoms with van der Waals surface area (Å²) in [4.78, 5) is 0. The molecule has 0 heterocycles. The van der Waals surface area contributed by atoms with E-state index < -0.39 is 0 Å². The molecule has 0 radical (unpaired) electrons. The third kappa shape index (κ3) is 10.1. The number of rotatable bonds is 1. The third-order valence-electron chi connectivity index (χ3n) is 2.71. The Morgan fingerprint density at radius 3 is 1.50 bits per heavy atom. The zero-order chi connectivity index (χ0) is 11.4. The van der Waals surface area contributed by atoms with E-state index in [4.69, 9.17) is 0 Å². The van der Waals surface area contributed by atoms with Gasteiger partial charge in [0.2, 0.25) is 0 Å².